The lowest BCUT2D eigenvalue weighted by molar-refractivity contribution is -0.138. The molecular formula is C11H16N2O3. The maximum absolute atomic E-state index is 10.9. The van der Waals surface area contributed by atoms with Gasteiger partial charge >= 0.3 is 5.97 Å². The van der Waals surface area contributed by atoms with E-state index in [9.17, 15) is 4.79 Å². The van der Waals surface area contributed by atoms with Crippen LogP contribution in [0.3, 0.4) is 0 Å². The van der Waals surface area contributed by atoms with Crippen molar-refractivity contribution in [3.05, 3.63) is 17.8 Å². The van der Waals surface area contributed by atoms with Crippen LogP contribution in [0, 0.1) is 6.92 Å². The van der Waals surface area contributed by atoms with Crippen molar-refractivity contribution >= 4 is 5.97 Å². The van der Waals surface area contributed by atoms with Gasteiger partial charge in [-0.1, -0.05) is 0 Å². The summed E-state index contributed by atoms with van der Waals surface area (Å²) in [4.78, 5) is 17.1. The SMILES string of the molecule is Cc1cnc(C(CC(=O)O)N2CCCC2)o1. The van der Waals surface area contributed by atoms with Crippen molar-refractivity contribution in [1.82, 2.24) is 9.88 Å². The molecule has 1 fully saturated rings. The molecule has 0 radical (unpaired) electrons. The summed E-state index contributed by atoms with van der Waals surface area (Å²) in [5.41, 5.74) is 0. The number of hydrogen-bond donors (Lipinski definition) is 1. The van der Waals surface area contributed by atoms with Crippen molar-refractivity contribution in [3.8, 4) is 0 Å². The third kappa shape index (κ3) is 2.41. The highest BCUT2D eigenvalue weighted by Gasteiger charge is 2.29. The Morgan fingerprint density at radius 1 is 1.62 bits per heavy atom. The Labute approximate surface area is 94.1 Å². The van der Waals surface area contributed by atoms with Crippen molar-refractivity contribution in [2.75, 3.05) is 13.1 Å². The Morgan fingerprint density at radius 2 is 2.31 bits per heavy atom. The third-order valence-electron chi connectivity index (χ3n) is 2.87. The van der Waals surface area contributed by atoms with Gasteiger partial charge in [0, 0.05) is 0 Å². The molecule has 0 saturated carbocycles. The number of likely N-dealkylation sites (tertiary alicyclic amines) is 1. The number of aromatic nitrogens is 1. The van der Waals surface area contributed by atoms with Crippen molar-refractivity contribution in [2.45, 2.75) is 32.2 Å². The van der Waals surface area contributed by atoms with E-state index in [0.717, 1.165) is 31.7 Å². The van der Waals surface area contributed by atoms with Gasteiger partial charge in [0.1, 0.15) is 5.76 Å². The van der Waals surface area contributed by atoms with E-state index in [1.807, 2.05) is 6.92 Å². The van der Waals surface area contributed by atoms with Gasteiger partial charge in [0.15, 0.2) is 0 Å². The Balaban J connectivity index is 2.16. The van der Waals surface area contributed by atoms with Crippen LogP contribution in [0.15, 0.2) is 10.6 Å². The number of rotatable bonds is 4. The molecule has 5 nitrogen and oxygen atoms in total. The summed E-state index contributed by atoms with van der Waals surface area (Å²) in [6.45, 7) is 3.68. The standard InChI is InChI=1S/C11H16N2O3/c1-8-7-12-11(16-8)9(6-10(14)15)13-4-2-3-5-13/h7,9H,2-6H2,1H3,(H,14,15). The van der Waals surface area contributed by atoms with Gasteiger partial charge in [-0.2, -0.15) is 0 Å². The molecule has 0 aromatic carbocycles. The number of aryl methyl sites for hydroxylation is 1. The molecule has 1 aliphatic rings. The zero-order chi connectivity index (χ0) is 11.5. The Morgan fingerprint density at radius 3 is 2.81 bits per heavy atom. The van der Waals surface area contributed by atoms with Crippen LogP contribution in [0.5, 0.6) is 0 Å². The predicted molar refractivity (Wildman–Crippen MR) is 57.0 cm³/mol. The molecule has 5 heteroatoms. The van der Waals surface area contributed by atoms with Gasteiger partial charge in [-0.3, -0.25) is 9.69 Å². The van der Waals surface area contributed by atoms with Gasteiger partial charge in [-0.25, -0.2) is 4.98 Å². The minimum atomic E-state index is -0.812. The topological polar surface area (TPSA) is 66.6 Å². The second kappa shape index (κ2) is 4.65. The van der Waals surface area contributed by atoms with Gasteiger partial charge in [-0.05, 0) is 32.9 Å². The van der Waals surface area contributed by atoms with Crippen LogP contribution < -0.4 is 0 Å². The number of oxazole rings is 1. The van der Waals surface area contributed by atoms with E-state index in [4.69, 9.17) is 9.52 Å². The second-order valence-corrected chi connectivity index (χ2v) is 4.17. The Kier molecular flexibility index (Phi) is 3.24. The smallest absolute Gasteiger partial charge is 0.305 e. The minimum absolute atomic E-state index is 0.0555. The molecule has 0 aliphatic carbocycles. The third-order valence-corrected chi connectivity index (χ3v) is 2.87. The molecular weight excluding hydrogens is 208 g/mol. The highest BCUT2D eigenvalue weighted by Crippen LogP contribution is 2.27. The lowest BCUT2D eigenvalue weighted by Gasteiger charge is -2.23. The van der Waals surface area contributed by atoms with Crippen LogP contribution in [-0.2, 0) is 4.79 Å². The lowest BCUT2D eigenvalue weighted by atomic mass is 10.2. The van der Waals surface area contributed by atoms with Gasteiger partial charge in [0.2, 0.25) is 5.89 Å². The average Bonchev–Trinajstić information content (AvgIpc) is 2.84. The van der Waals surface area contributed by atoms with Gasteiger partial charge < -0.3 is 9.52 Å². The van der Waals surface area contributed by atoms with E-state index in [0.29, 0.717) is 5.89 Å². The van der Waals surface area contributed by atoms with Crippen molar-refractivity contribution in [1.29, 1.82) is 0 Å². The first-order valence-corrected chi connectivity index (χ1v) is 5.55. The van der Waals surface area contributed by atoms with Crippen molar-refractivity contribution in [2.24, 2.45) is 0 Å². The predicted octanol–water partition coefficient (Wildman–Crippen LogP) is 1.59. The Bertz CT molecular complexity index is 369. The van der Waals surface area contributed by atoms with Crippen LogP contribution >= 0.6 is 0 Å². The van der Waals surface area contributed by atoms with Crippen LogP contribution in [0.25, 0.3) is 0 Å². The lowest BCUT2D eigenvalue weighted by Crippen LogP contribution is -2.27. The molecule has 1 aromatic rings. The highest BCUT2D eigenvalue weighted by atomic mass is 16.4. The molecule has 88 valence electrons. The molecule has 0 amide bonds. The zero-order valence-electron chi connectivity index (χ0n) is 9.35. The zero-order valence-corrected chi connectivity index (χ0v) is 9.35. The Hall–Kier alpha value is -1.36. The minimum Gasteiger partial charge on any atom is -0.481 e. The summed E-state index contributed by atoms with van der Waals surface area (Å²) in [6, 6.07) is -0.214. The molecule has 0 spiro atoms. The fourth-order valence-electron chi connectivity index (χ4n) is 2.12. The number of carbonyl (C=O) groups is 1. The molecule has 1 N–H and O–H groups in total. The van der Waals surface area contributed by atoms with E-state index >= 15 is 0 Å². The summed E-state index contributed by atoms with van der Waals surface area (Å²) < 4.78 is 5.44. The fraction of sp³-hybridized carbons (Fsp3) is 0.636. The second-order valence-electron chi connectivity index (χ2n) is 4.17. The maximum Gasteiger partial charge on any atom is 0.305 e. The summed E-state index contributed by atoms with van der Waals surface area (Å²) in [5, 5.41) is 8.92. The van der Waals surface area contributed by atoms with Crippen molar-refractivity contribution < 1.29 is 14.3 Å². The number of hydrogen-bond acceptors (Lipinski definition) is 4. The number of aliphatic carboxylic acids is 1. The number of carboxylic acids is 1. The summed E-state index contributed by atoms with van der Waals surface area (Å²) in [6.07, 6.45) is 3.94. The fourth-order valence-corrected chi connectivity index (χ4v) is 2.12. The number of nitrogens with zero attached hydrogens (tertiary/aromatic N) is 2. The molecule has 0 bridgehead atoms. The molecule has 1 aromatic heterocycles. The summed E-state index contributed by atoms with van der Waals surface area (Å²) >= 11 is 0. The van der Waals surface area contributed by atoms with E-state index in [-0.39, 0.29) is 12.5 Å². The summed E-state index contributed by atoms with van der Waals surface area (Å²) in [7, 11) is 0. The largest absolute Gasteiger partial charge is 0.481 e. The molecule has 1 unspecified atom stereocenters. The first kappa shape index (κ1) is 11.1. The van der Waals surface area contributed by atoms with E-state index in [1.165, 1.54) is 0 Å². The van der Waals surface area contributed by atoms with Gasteiger partial charge in [0.05, 0.1) is 18.7 Å². The van der Waals surface area contributed by atoms with E-state index < -0.39 is 5.97 Å². The van der Waals surface area contributed by atoms with Crippen LogP contribution in [-0.4, -0.2) is 34.0 Å². The molecule has 1 aliphatic heterocycles. The first-order valence-electron chi connectivity index (χ1n) is 5.55. The van der Waals surface area contributed by atoms with Gasteiger partial charge in [-0.15, -0.1) is 0 Å². The molecule has 16 heavy (non-hydrogen) atoms. The number of carboxylic acid groups (broad SMARTS) is 1. The average molecular weight is 224 g/mol. The maximum atomic E-state index is 10.9. The van der Waals surface area contributed by atoms with E-state index in [1.54, 1.807) is 6.20 Å². The van der Waals surface area contributed by atoms with Crippen LogP contribution in [0.2, 0.25) is 0 Å². The van der Waals surface area contributed by atoms with Crippen LogP contribution in [0.4, 0.5) is 0 Å². The monoisotopic (exact) mass is 224 g/mol. The van der Waals surface area contributed by atoms with Crippen LogP contribution in [0.1, 0.15) is 37.0 Å². The highest BCUT2D eigenvalue weighted by molar-refractivity contribution is 5.67. The quantitative estimate of drug-likeness (QED) is 0.841. The van der Waals surface area contributed by atoms with Crippen molar-refractivity contribution in [3.63, 3.8) is 0 Å². The molecule has 1 saturated heterocycles. The summed E-state index contributed by atoms with van der Waals surface area (Å²) in [5.74, 6) is 0.444. The molecule has 1 atom stereocenters. The van der Waals surface area contributed by atoms with E-state index in [2.05, 4.69) is 9.88 Å². The first-order chi connectivity index (χ1) is 7.66. The molecule has 2 heterocycles. The van der Waals surface area contributed by atoms with Gasteiger partial charge in [0.25, 0.3) is 0 Å². The molecule has 2 rings (SSSR count). The normalized spacial score (nSPS) is 18.8.